The number of hydrogen-bond donors (Lipinski definition) is 2. The molecule has 0 unspecified atom stereocenters. The average Bonchev–Trinajstić information content (AvgIpc) is 2.89. The minimum Gasteiger partial charge on any atom is -0.494 e. The van der Waals surface area contributed by atoms with Gasteiger partial charge in [-0.2, -0.15) is 0 Å². The first-order valence-electron chi connectivity index (χ1n) is 11.3. The van der Waals surface area contributed by atoms with Gasteiger partial charge in [-0.3, -0.25) is 9.78 Å². The van der Waals surface area contributed by atoms with Crippen LogP contribution in [0.25, 0.3) is 22.0 Å². The van der Waals surface area contributed by atoms with Crippen molar-refractivity contribution in [2.45, 2.75) is 18.5 Å². The van der Waals surface area contributed by atoms with Crippen molar-refractivity contribution < 1.29 is 28.1 Å². The fourth-order valence-electron chi connectivity index (χ4n) is 4.25. The van der Waals surface area contributed by atoms with Gasteiger partial charge in [-0.05, 0) is 24.6 Å². The van der Waals surface area contributed by atoms with Crippen LogP contribution in [0, 0.1) is 5.82 Å². The zero-order chi connectivity index (χ0) is 24.4. The lowest BCUT2D eigenvalue weighted by Gasteiger charge is -2.32. The molecule has 0 bridgehead atoms. The van der Waals surface area contributed by atoms with E-state index in [4.69, 9.17) is 18.9 Å². The van der Waals surface area contributed by atoms with Crippen LogP contribution in [-0.4, -0.2) is 61.5 Å². The number of nitrogens with zero attached hydrogens (tertiary/aromatic N) is 2. The molecule has 2 N–H and O–H groups in total. The Morgan fingerprint density at radius 2 is 1.94 bits per heavy atom. The van der Waals surface area contributed by atoms with Crippen molar-refractivity contribution in [3.8, 4) is 28.5 Å². The Kier molecular flexibility index (Phi) is 6.37. The highest BCUT2D eigenvalue weighted by Gasteiger charge is 2.28. The van der Waals surface area contributed by atoms with Gasteiger partial charge in [0.2, 0.25) is 5.91 Å². The minimum atomic E-state index is -0.570. The largest absolute Gasteiger partial charge is 0.494 e. The van der Waals surface area contributed by atoms with E-state index >= 15 is 4.39 Å². The molecule has 5 rings (SSSR count). The maximum Gasteiger partial charge on any atom is 0.243 e. The van der Waals surface area contributed by atoms with Gasteiger partial charge >= 0.3 is 0 Å². The van der Waals surface area contributed by atoms with Gasteiger partial charge in [-0.25, -0.2) is 9.37 Å². The molecule has 2 aliphatic heterocycles. The van der Waals surface area contributed by atoms with E-state index in [9.17, 15) is 4.79 Å². The fourth-order valence-corrected chi connectivity index (χ4v) is 4.25. The Morgan fingerprint density at radius 3 is 2.77 bits per heavy atom. The number of hydrogen-bond acceptors (Lipinski definition) is 8. The van der Waals surface area contributed by atoms with Gasteiger partial charge in [0, 0.05) is 35.8 Å². The van der Waals surface area contributed by atoms with Crippen molar-refractivity contribution in [3.05, 3.63) is 49.1 Å². The van der Waals surface area contributed by atoms with E-state index in [0.717, 1.165) is 10.8 Å². The van der Waals surface area contributed by atoms with Gasteiger partial charge in [0.15, 0.2) is 23.1 Å². The van der Waals surface area contributed by atoms with Crippen molar-refractivity contribution in [2.75, 3.05) is 38.9 Å². The van der Waals surface area contributed by atoms with Gasteiger partial charge in [-0.1, -0.05) is 6.58 Å². The number of nitrogens with one attached hydrogen (secondary N) is 2. The summed E-state index contributed by atoms with van der Waals surface area (Å²) >= 11 is 0. The number of amides is 1. The third-order valence-electron chi connectivity index (χ3n) is 6.02. The molecule has 4 heterocycles. The Hall–Kier alpha value is -3.92. The molecule has 1 amide bonds. The lowest BCUT2D eigenvalue weighted by atomic mass is 10.0. The molecular formula is C25H25FN4O5. The number of halogens is 1. The first-order chi connectivity index (χ1) is 17.1. The molecule has 1 fully saturated rings. The van der Waals surface area contributed by atoms with Crippen molar-refractivity contribution in [2.24, 2.45) is 0 Å². The molecule has 1 saturated heterocycles. The number of methoxy groups -OCH3 is 1. The zero-order valence-corrected chi connectivity index (χ0v) is 19.2. The smallest absolute Gasteiger partial charge is 0.243 e. The van der Waals surface area contributed by atoms with E-state index in [0.29, 0.717) is 55.9 Å². The number of pyridine rings is 2. The average molecular weight is 480 g/mol. The highest BCUT2D eigenvalue weighted by molar-refractivity contribution is 5.88. The van der Waals surface area contributed by atoms with Crippen molar-refractivity contribution in [1.29, 1.82) is 0 Å². The first-order valence-corrected chi connectivity index (χ1v) is 11.3. The van der Waals surface area contributed by atoms with Crippen LogP contribution in [0.5, 0.6) is 17.2 Å². The second-order valence-electron chi connectivity index (χ2n) is 8.21. The van der Waals surface area contributed by atoms with Crippen LogP contribution in [-0.2, 0) is 9.53 Å². The molecule has 2 atom stereocenters. The number of carbonyl (C=O) groups excluding carboxylic acids is 1. The summed E-state index contributed by atoms with van der Waals surface area (Å²) in [5.41, 5.74) is 0.564. The standard InChI is InChI=1S/C25H25FN4O5/c1-3-22(31)30-16-4-5-33-13-18(16)29-21-9-15-11-27-17(8-14(15)12-28-21)23-24(26)19(32-2)10-20-25(23)35-7-6-34-20/h3,8-12,16,18H,1,4-7,13H2,2H3,(H,28,29)(H,30,31)/t16-,18+/m0/s1. The van der Waals surface area contributed by atoms with Gasteiger partial charge in [0.05, 0.1) is 37.1 Å². The third kappa shape index (κ3) is 4.57. The van der Waals surface area contributed by atoms with Crippen LogP contribution >= 0.6 is 0 Å². The predicted octanol–water partition coefficient (Wildman–Crippen LogP) is 3.09. The lowest BCUT2D eigenvalue weighted by Crippen LogP contribution is -2.52. The van der Waals surface area contributed by atoms with Crippen molar-refractivity contribution in [1.82, 2.24) is 15.3 Å². The minimum absolute atomic E-state index is 0.0524. The molecule has 0 spiro atoms. The molecule has 35 heavy (non-hydrogen) atoms. The van der Waals surface area contributed by atoms with E-state index in [1.807, 2.05) is 6.07 Å². The number of rotatable bonds is 6. The van der Waals surface area contributed by atoms with Gasteiger partial charge in [0.1, 0.15) is 19.0 Å². The SMILES string of the molecule is C=CC(=O)N[C@H]1CCOC[C@H]1Nc1cc2cnc(-c3c(F)c(OC)cc4c3OCCO4)cc2cn1. The van der Waals surface area contributed by atoms with Crippen LogP contribution in [0.4, 0.5) is 10.2 Å². The number of ether oxygens (including phenoxy) is 4. The maximum atomic E-state index is 15.2. The van der Waals surface area contributed by atoms with Crippen LogP contribution in [0.15, 0.2) is 43.2 Å². The van der Waals surface area contributed by atoms with Crippen LogP contribution < -0.4 is 24.8 Å². The Bertz CT molecular complexity index is 1280. The van der Waals surface area contributed by atoms with Crippen LogP contribution in [0.2, 0.25) is 0 Å². The Labute approximate surface area is 201 Å². The van der Waals surface area contributed by atoms with Crippen molar-refractivity contribution >= 4 is 22.5 Å². The molecule has 0 radical (unpaired) electrons. The monoisotopic (exact) mass is 480 g/mol. The molecule has 1 aromatic carbocycles. The summed E-state index contributed by atoms with van der Waals surface area (Å²) in [6, 6.07) is 4.81. The van der Waals surface area contributed by atoms with Gasteiger partial charge < -0.3 is 29.6 Å². The molecule has 0 aliphatic carbocycles. The summed E-state index contributed by atoms with van der Waals surface area (Å²) in [6.45, 7) is 5.19. The summed E-state index contributed by atoms with van der Waals surface area (Å²) in [7, 11) is 1.40. The molecule has 9 nitrogen and oxygen atoms in total. The number of fused-ring (bicyclic) bond motifs is 2. The molecular weight excluding hydrogens is 455 g/mol. The predicted molar refractivity (Wildman–Crippen MR) is 127 cm³/mol. The number of anilines is 1. The third-order valence-corrected chi connectivity index (χ3v) is 6.02. The highest BCUT2D eigenvalue weighted by atomic mass is 19.1. The van der Waals surface area contributed by atoms with E-state index in [1.54, 1.807) is 18.5 Å². The topological polar surface area (TPSA) is 104 Å². The van der Waals surface area contributed by atoms with E-state index in [1.165, 1.54) is 19.3 Å². The molecule has 0 saturated carbocycles. The number of benzene rings is 1. The molecule has 2 aliphatic rings. The molecule has 182 valence electrons. The molecule has 2 aromatic heterocycles. The Balaban J connectivity index is 1.44. The number of carbonyl (C=O) groups is 1. The van der Waals surface area contributed by atoms with Gasteiger partial charge in [-0.15, -0.1) is 0 Å². The van der Waals surface area contributed by atoms with E-state index < -0.39 is 5.82 Å². The first kappa shape index (κ1) is 22.9. The highest BCUT2D eigenvalue weighted by Crippen LogP contribution is 2.45. The summed E-state index contributed by atoms with van der Waals surface area (Å²) in [6.07, 6.45) is 5.27. The zero-order valence-electron chi connectivity index (χ0n) is 19.2. The molecule has 10 heteroatoms. The van der Waals surface area contributed by atoms with Crippen LogP contribution in [0.3, 0.4) is 0 Å². The van der Waals surface area contributed by atoms with E-state index in [2.05, 4.69) is 27.2 Å². The summed E-state index contributed by atoms with van der Waals surface area (Å²) in [5, 5.41) is 7.85. The van der Waals surface area contributed by atoms with Crippen LogP contribution in [0.1, 0.15) is 6.42 Å². The van der Waals surface area contributed by atoms with E-state index in [-0.39, 0.29) is 29.3 Å². The Morgan fingerprint density at radius 1 is 1.14 bits per heavy atom. The normalized spacial score (nSPS) is 19.1. The van der Waals surface area contributed by atoms with Gasteiger partial charge in [0.25, 0.3) is 0 Å². The summed E-state index contributed by atoms with van der Waals surface area (Å²) in [5.74, 6) is 0.584. The second-order valence-corrected chi connectivity index (χ2v) is 8.21. The quantitative estimate of drug-likeness (QED) is 0.519. The maximum absolute atomic E-state index is 15.2. The lowest BCUT2D eigenvalue weighted by molar-refractivity contribution is -0.117. The molecule has 3 aromatic rings. The van der Waals surface area contributed by atoms with Crippen molar-refractivity contribution in [3.63, 3.8) is 0 Å². The number of aromatic nitrogens is 2. The summed E-state index contributed by atoms with van der Waals surface area (Å²) < 4.78 is 37.4. The second kappa shape index (κ2) is 9.75. The summed E-state index contributed by atoms with van der Waals surface area (Å²) in [4.78, 5) is 20.8. The fraction of sp³-hybridized carbons (Fsp3) is 0.320.